The van der Waals surface area contributed by atoms with Crippen LogP contribution in [-0.2, 0) is 16.0 Å². The number of hydrogen-bond acceptors (Lipinski definition) is 3. The lowest BCUT2D eigenvalue weighted by Gasteiger charge is -2.25. The minimum Gasteiger partial charge on any atom is -0.350 e. The van der Waals surface area contributed by atoms with Crippen molar-refractivity contribution in [2.75, 3.05) is 13.1 Å². The first-order chi connectivity index (χ1) is 11.4. The number of nitrogens with zero attached hydrogens (tertiary/aromatic N) is 1. The third-order valence-corrected chi connectivity index (χ3v) is 4.63. The molecule has 24 heavy (non-hydrogen) atoms. The number of aryl methyl sites for hydroxylation is 1. The molecule has 5 heteroatoms. The maximum absolute atomic E-state index is 12.3. The van der Waals surface area contributed by atoms with Gasteiger partial charge in [0.05, 0.1) is 5.54 Å². The highest BCUT2D eigenvalue weighted by Gasteiger charge is 2.32. The molecule has 2 unspecified atom stereocenters. The van der Waals surface area contributed by atoms with E-state index in [0.29, 0.717) is 25.9 Å². The largest absolute Gasteiger partial charge is 0.350 e. The molecule has 0 radical (unpaired) electrons. The Hall–Kier alpha value is -1.88. The highest BCUT2D eigenvalue weighted by molar-refractivity contribution is 5.86. The van der Waals surface area contributed by atoms with Gasteiger partial charge < -0.3 is 16.0 Å². The Morgan fingerprint density at radius 2 is 2.04 bits per heavy atom. The molecule has 5 nitrogen and oxygen atoms in total. The van der Waals surface area contributed by atoms with Crippen LogP contribution in [0.25, 0.3) is 0 Å². The van der Waals surface area contributed by atoms with Gasteiger partial charge in [-0.25, -0.2) is 0 Å². The summed E-state index contributed by atoms with van der Waals surface area (Å²) in [5, 5.41) is 3.00. The van der Waals surface area contributed by atoms with Gasteiger partial charge in [0.15, 0.2) is 0 Å². The Bertz CT molecular complexity index is 557. The number of carbonyl (C=O) groups excluding carboxylic acids is 2. The summed E-state index contributed by atoms with van der Waals surface area (Å²) in [5.41, 5.74) is 6.40. The van der Waals surface area contributed by atoms with Crippen LogP contribution in [0.3, 0.4) is 0 Å². The summed E-state index contributed by atoms with van der Waals surface area (Å²) in [6, 6.07) is 10.0. The topological polar surface area (TPSA) is 75.4 Å². The molecule has 0 bridgehead atoms. The number of carbonyl (C=O) groups is 2. The maximum atomic E-state index is 12.3. The molecular formula is C19H29N3O2. The lowest BCUT2D eigenvalue weighted by Crippen LogP contribution is -2.54. The second-order valence-electron chi connectivity index (χ2n) is 6.95. The minimum absolute atomic E-state index is 0.0120. The molecule has 1 aromatic rings. The smallest absolute Gasteiger partial charge is 0.240 e. The quantitative estimate of drug-likeness (QED) is 0.801. The molecule has 1 aliphatic rings. The van der Waals surface area contributed by atoms with Crippen LogP contribution in [0.5, 0.6) is 0 Å². The number of rotatable bonds is 7. The van der Waals surface area contributed by atoms with Crippen LogP contribution in [0.1, 0.15) is 45.1 Å². The van der Waals surface area contributed by atoms with E-state index in [1.165, 1.54) is 5.56 Å². The van der Waals surface area contributed by atoms with E-state index in [1.54, 1.807) is 6.92 Å². The van der Waals surface area contributed by atoms with Crippen LogP contribution in [0.4, 0.5) is 0 Å². The van der Waals surface area contributed by atoms with E-state index in [1.807, 2.05) is 42.2 Å². The second-order valence-corrected chi connectivity index (χ2v) is 6.95. The van der Waals surface area contributed by atoms with Gasteiger partial charge in [0.25, 0.3) is 0 Å². The van der Waals surface area contributed by atoms with Crippen LogP contribution in [-0.4, -0.2) is 41.4 Å². The molecule has 0 aliphatic carbocycles. The number of amides is 2. The third-order valence-electron chi connectivity index (χ3n) is 4.63. The van der Waals surface area contributed by atoms with Gasteiger partial charge in [0.2, 0.25) is 11.8 Å². The molecule has 3 N–H and O–H groups in total. The number of benzene rings is 1. The third kappa shape index (κ3) is 5.06. The Morgan fingerprint density at radius 3 is 2.71 bits per heavy atom. The highest BCUT2D eigenvalue weighted by atomic mass is 16.2. The van der Waals surface area contributed by atoms with E-state index in [-0.39, 0.29) is 17.9 Å². The fourth-order valence-corrected chi connectivity index (χ4v) is 3.14. The van der Waals surface area contributed by atoms with E-state index < -0.39 is 5.54 Å². The van der Waals surface area contributed by atoms with Crippen molar-refractivity contribution in [3.05, 3.63) is 35.9 Å². The van der Waals surface area contributed by atoms with Gasteiger partial charge in [-0.1, -0.05) is 43.7 Å². The average Bonchev–Trinajstić information content (AvgIpc) is 3.02. The molecular weight excluding hydrogens is 302 g/mol. The van der Waals surface area contributed by atoms with Crippen LogP contribution in [0.15, 0.2) is 30.3 Å². The molecule has 1 fully saturated rings. The van der Waals surface area contributed by atoms with Crippen molar-refractivity contribution in [3.63, 3.8) is 0 Å². The summed E-state index contributed by atoms with van der Waals surface area (Å²) in [6.45, 7) is 5.07. The van der Waals surface area contributed by atoms with E-state index in [4.69, 9.17) is 5.73 Å². The zero-order valence-electron chi connectivity index (χ0n) is 14.8. The van der Waals surface area contributed by atoms with E-state index in [9.17, 15) is 9.59 Å². The number of likely N-dealkylation sites (tertiary alicyclic amines) is 1. The molecule has 0 saturated carbocycles. The van der Waals surface area contributed by atoms with Crippen molar-refractivity contribution >= 4 is 11.8 Å². The SMILES string of the molecule is CCCC(C)(N)C(=O)NC1CCN(C(=O)CCc2ccccc2)C1. The fraction of sp³-hybridized carbons (Fsp3) is 0.579. The van der Waals surface area contributed by atoms with Gasteiger partial charge >= 0.3 is 0 Å². The van der Waals surface area contributed by atoms with Crippen LogP contribution in [0.2, 0.25) is 0 Å². The molecule has 0 aromatic heterocycles. The monoisotopic (exact) mass is 331 g/mol. The van der Waals surface area contributed by atoms with Crippen molar-refractivity contribution in [3.8, 4) is 0 Å². The Labute approximate surface area is 144 Å². The molecule has 132 valence electrons. The van der Waals surface area contributed by atoms with Crippen LogP contribution >= 0.6 is 0 Å². The first kappa shape index (κ1) is 18.5. The van der Waals surface area contributed by atoms with Gasteiger partial charge in [-0.2, -0.15) is 0 Å². The standard InChI is InChI=1S/C19H29N3O2/c1-3-12-19(2,20)18(24)21-16-11-13-22(14-16)17(23)10-9-15-7-5-4-6-8-15/h4-8,16H,3,9-14,20H2,1-2H3,(H,21,24). The molecule has 1 heterocycles. The zero-order chi connectivity index (χ0) is 17.6. The van der Waals surface area contributed by atoms with Crippen molar-refractivity contribution < 1.29 is 9.59 Å². The molecule has 0 spiro atoms. The summed E-state index contributed by atoms with van der Waals surface area (Å²) < 4.78 is 0. The highest BCUT2D eigenvalue weighted by Crippen LogP contribution is 2.15. The van der Waals surface area contributed by atoms with E-state index >= 15 is 0 Å². The Kier molecular flexibility index (Phi) is 6.37. The van der Waals surface area contributed by atoms with E-state index in [0.717, 1.165) is 19.3 Å². The van der Waals surface area contributed by atoms with Gasteiger partial charge in [-0.05, 0) is 31.7 Å². The van der Waals surface area contributed by atoms with Crippen molar-refractivity contribution in [1.82, 2.24) is 10.2 Å². The van der Waals surface area contributed by atoms with Gasteiger partial charge in [-0.15, -0.1) is 0 Å². The van der Waals surface area contributed by atoms with Crippen molar-refractivity contribution in [2.45, 2.75) is 57.5 Å². The van der Waals surface area contributed by atoms with Crippen molar-refractivity contribution in [2.24, 2.45) is 5.73 Å². The lowest BCUT2D eigenvalue weighted by molar-refractivity contribution is -0.131. The van der Waals surface area contributed by atoms with E-state index in [2.05, 4.69) is 5.32 Å². The molecule has 2 amide bonds. The summed E-state index contributed by atoms with van der Waals surface area (Å²) >= 11 is 0. The minimum atomic E-state index is -0.834. The Morgan fingerprint density at radius 1 is 1.33 bits per heavy atom. The summed E-state index contributed by atoms with van der Waals surface area (Å²) in [6.07, 6.45) is 3.59. The molecule has 1 saturated heterocycles. The zero-order valence-corrected chi connectivity index (χ0v) is 14.8. The second kappa shape index (κ2) is 8.29. The summed E-state index contributed by atoms with van der Waals surface area (Å²) in [4.78, 5) is 26.4. The number of nitrogens with one attached hydrogen (secondary N) is 1. The van der Waals surface area contributed by atoms with Gasteiger partial charge in [0.1, 0.15) is 0 Å². The van der Waals surface area contributed by atoms with Crippen LogP contribution < -0.4 is 11.1 Å². The number of nitrogens with two attached hydrogens (primary N) is 1. The first-order valence-electron chi connectivity index (χ1n) is 8.84. The molecule has 1 aliphatic heterocycles. The predicted octanol–water partition coefficient (Wildman–Crippen LogP) is 1.85. The van der Waals surface area contributed by atoms with Crippen LogP contribution in [0, 0.1) is 0 Å². The average molecular weight is 331 g/mol. The fourth-order valence-electron chi connectivity index (χ4n) is 3.14. The molecule has 1 aromatic carbocycles. The first-order valence-corrected chi connectivity index (χ1v) is 8.84. The molecule has 2 rings (SSSR count). The lowest BCUT2D eigenvalue weighted by atomic mass is 9.96. The van der Waals surface area contributed by atoms with Gasteiger partial charge in [-0.3, -0.25) is 9.59 Å². The summed E-state index contributed by atoms with van der Waals surface area (Å²) in [5.74, 6) is 0.0348. The normalized spacial score (nSPS) is 19.8. The maximum Gasteiger partial charge on any atom is 0.240 e. The molecule has 2 atom stereocenters. The Balaban J connectivity index is 1.78. The van der Waals surface area contributed by atoms with Crippen molar-refractivity contribution in [1.29, 1.82) is 0 Å². The number of hydrogen-bond donors (Lipinski definition) is 2. The summed E-state index contributed by atoms with van der Waals surface area (Å²) in [7, 11) is 0. The van der Waals surface area contributed by atoms with Gasteiger partial charge in [0, 0.05) is 25.6 Å². The predicted molar refractivity (Wildman–Crippen MR) is 95.4 cm³/mol.